The zero-order chi connectivity index (χ0) is 17.9. The molecule has 0 heterocycles. The molecule has 0 saturated carbocycles. The van der Waals surface area contributed by atoms with Gasteiger partial charge in [0.05, 0.1) is 17.7 Å². The number of nitrogens with zero attached hydrogens (tertiary/aromatic N) is 1. The van der Waals surface area contributed by atoms with E-state index in [1.54, 1.807) is 18.2 Å². The molecule has 0 aliphatic carbocycles. The van der Waals surface area contributed by atoms with E-state index in [0.29, 0.717) is 0 Å². The van der Waals surface area contributed by atoms with E-state index in [1.165, 1.54) is 37.3 Å². The summed E-state index contributed by atoms with van der Waals surface area (Å²) in [6.07, 6.45) is 0. The number of esters is 1. The van der Waals surface area contributed by atoms with Gasteiger partial charge in [0.1, 0.15) is 11.8 Å². The summed E-state index contributed by atoms with van der Waals surface area (Å²) >= 11 is 0. The van der Waals surface area contributed by atoms with Gasteiger partial charge in [-0.15, -0.1) is 0 Å². The third-order valence-electron chi connectivity index (χ3n) is 3.43. The first-order valence-corrected chi connectivity index (χ1v) is 8.49. The van der Waals surface area contributed by atoms with E-state index in [4.69, 9.17) is 5.73 Å². The molecule has 2 aromatic carbocycles. The van der Waals surface area contributed by atoms with Gasteiger partial charge in [-0.2, -0.15) is 0 Å². The summed E-state index contributed by atoms with van der Waals surface area (Å²) in [6, 6.07) is 10.3. The molecule has 0 unspecified atom stereocenters. The molecule has 0 saturated heterocycles. The zero-order valence-electron chi connectivity index (χ0n) is 13.2. The normalized spacial score (nSPS) is 12.4. The van der Waals surface area contributed by atoms with E-state index >= 15 is 0 Å². The quantitative estimate of drug-likeness (QED) is 0.628. The van der Waals surface area contributed by atoms with Crippen LogP contribution in [0.2, 0.25) is 0 Å². The fourth-order valence-corrected chi connectivity index (χ4v) is 3.93. The topological polar surface area (TPSA) is 110 Å². The van der Waals surface area contributed by atoms with Crippen molar-refractivity contribution in [3.05, 3.63) is 48.5 Å². The molecule has 7 nitrogen and oxygen atoms in total. The predicted octanol–water partition coefficient (Wildman–Crippen LogP) is 1.73. The Balaban J connectivity index is 2.66. The third-order valence-corrected chi connectivity index (χ3v) is 5.31. The number of nitrogen functional groups attached to an aromatic ring is 1. The number of sulfonamides is 1. The summed E-state index contributed by atoms with van der Waals surface area (Å²) in [5.41, 5.74) is 5.90. The molecule has 0 spiro atoms. The van der Waals surface area contributed by atoms with Crippen molar-refractivity contribution in [1.29, 1.82) is 0 Å². The molecule has 24 heavy (non-hydrogen) atoms. The van der Waals surface area contributed by atoms with Crippen LogP contribution in [0.1, 0.15) is 6.92 Å². The first-order valence-electron chi connectivity index (χ1n) is 7.05. The second-order valence-corrected chi connectivity index (χ2v) is 6.88. The van der Waals surface area contributed by atoms with Crippen molar-refractivity contribution in [3.8, 4) is 5.75 Å². The van der Waals surface area contributed by atoms with Crippen LogP contribution in [-0.4, -0.2) is 32.6 Å². The number of benzene rings is 2. The number of hydrogen-bond donors (Lipinski definition) is 2. The number of carbonyl (C=O) groups excluding carboxylic acids is 1. The van der Waals surface area contributed by atoms with Gasteiger partial charge in [-0.3, -0.25) is 0 Å². The molecule has 0 aliphatic heterocycles. The fraction of sp³-hybridized carbons (Fsp3) is 0.188. The van der Waals surface area contributed by atoms with Crippen LogP contribution >= 0.6 is 0 Å². The van der Waals surface area contributed by atoms with Gasteiger partial charge < -0.3 is 15.6 Å². The van der Waals surface area contributed by atoms with E-state index in [2.05, 4.69) is 4.74 Å². The lowest BCUT2D eigenvalue weighted by Crippen LogP contribution is -2.44. The SMILES string of the molecule is COC(=O)[C@H](C)N(c1ccccc1O)S(=O)(=O)c1cccc(N)c1. The van der Waals surface area contributed by atoms with Crippen LogP contribution in [0.4, 0.5) is 11.4 Å². The highest BCUT2D eigenvalue weighted by molar-refractivity contribution is 7.93. The molecule has 0 bridgehead atoms. The van der Waals surface area contributed by atoms with E-state index in [-0.39, 0.29) is 22.0 Å². The maximum atomic E-state index is 13.1. The molecule has 2 aromatic rings. The summed E-state index contributed by atoms with van der Waals surface area (Å²) in [4.78, 5) is 11.9. The second-order valence-electron chi connectivity index (χ2n) is 5.06. The van der Waals surface area contributed by atoms with Crippen LogP contribution in [0.15, 0.2) is 53.4 Å². The maximum absolute atomic E-state index is 13.1. The maximum Gasteiger partial charge on any atom is 0.329 e. The number of hydrogen-bond acceptors (Lipinski definition) is 6. The smallest absolute Gasteiger partial charge is 0.329 e. The molecule has 0 radical (unpaired) electrons. The number of phenols is 1. The highest BCUT2D eigenvalue weighted by Crippen LogP contribution is 2.33. The first kappa shape index (κ1) is 17.6. The Bertz CT molecular complexity index is 851. The number of para-hydroxylation sites is 2. The Morgan fingerprint density at radius 1 is 1.21 bits per heavy atom. The summed E-state index contributed by atoms with van der Waals surface area (Å²) < 4.78 is 31.6. The van der Waals surface area contributed by atoms with E-state index < -0.39 is 22.0 Å². The van der Waals surface area contributed by atoms with Crippen LogP contribution in [-0.2, 0) is 19.6 Å². The number of carbonyl (C=O) groups is 1. The van der Waals surface area contributed by atoms with Gasteiger partial charge >= 0.3 is 5.97 Å². The molecule has 0 fully saturated rings. The number of nitrogens with two attached hydrogens (primary N) is 1. The zero-order valence-corrected chi connectivity index (χ0v) is 14.0. The summed E-state index contributed by atoms with van der Waals surface area (Å²) in [6.45, 7) is 1.38. The second kappa shape index (κ2) is 6.79. The minimum absolute atomic E-state index is 0.0298. The van der Waals surface area contributed by atoms with Gasteiger partial charge in [-0.1, -0.05) is 18.2 Å². The first-order chi connectivity index (χ1) is 11.3. The van der Waals surface area contributed by atoms with E-state index in [1.807, 2.05) is 0 Å². The molecule has 0 amide bonds. The molecule has 1 atom stereocenters. The van der Waals surface area contributed by atoms with E-state index in [0.717, 1.165) is 11.4 Å². The molecular formula is C16H18N2O5S. The minimum atomic E-state index is -4.16. The van der Waals surface area contributed by atoms with Crippen LogP contribution in [0.25, 0.3) is 0 Å². The van der Waals surface area contributed by atoms with Crippen LogP contribution in [0.3, 0.4) is 0 Å². The third kappa shape index (κ3) is 3.28. The lowest BCUT2D eigenvalue weighted by Gasteiger charge is -2.29. The Labute approximate surface area is 140 Å². The number of methoxy groups -OCH3 is 1. The largest absolute Gasteiger partial charge is 0.506 e. The van der Waals surface area contributed by atoms with Crippen molar-refractivity contribution in [1.82, 2.24) is 0 Å². The van der Waals surface area contributed by atoms with E-state index in [9.17, 15) is 18.3 Å². The van der Waals surface area contributed by atoms with Gasteiger partial charge in [0, 0.05) is 5.69 Å². The average molecular weight is 350 g/mol. The molecule has 8 heteroatoms. The molecule has 128 valence electrons. The van der Waals surface area contributed by atoms with Crippen molar-refractivity contribution in [2.24, 2.45) is 0 Å². The Morgan fingerprint density at radius 3 is 2.46 bits per heavy atom. The molecule has 0 aliphatic rings. The monoisotopic (exact) mass is 350 g/mol. The predicted molar refractivity (Wildman–Crippen MR) is 90.1 cm³/mol. The highest BCUT2D eigenvalue weighted by atomic mass is 32.2. The number of ether oxygens (including phenoxy) is 1. The number of anilines is 2. The lowest BCUT2D eigenvalue weighted by molar-refractivity contribution is -0.141. The fourth-order valence-electron chi connectivity index (χ4n) is 2.25. The molecule has 0 aromatic heterocycles. The van der Waals surface area contributed by atoms with Gasteiger partial charge in [0.15, 0.2) is 0 Å². The van der Waals surface area contributed by atoms with Crippen LogP contribution in [0, 0.1) is 0 Å². The molecule has 2 rings (SSSR count). The van der Waals surface area contributed by atoms with Crippen LogP contribution < -0.4 is 10.0 Å². The van der Waals surface area contributed by atoms with Crippen molar-refractivity contribution >= 4 is 27.4 Å². The highest BCUT2D eigenvalue weighted by Gasteiger charge is 2.35. The number of rotatable bonds is 5. The molecule has 3 N–H and O–H groups in total. The molecular weight excluding hydrogens is 332 g/mol. The Kier molecular flexibility index (Phi) is 4.99. The van der Waals surface area contributed by atoms with Gasteiger partial charge in [0.2, 0.25) is 0 Å². The number of aromatic hydroxyl groups is 1. The summed E-state index contributed by atoms with van der Waals surface area (Å²) in [7, 11) is -3.00. The van der Waals surface area contributed by atoms with Gasteiger partial charge in [0.25, 0.3) is 10.0 Å². The Morgan fingerprint density at radius 2 is 1.88 bits per heavy atom. The van der Waals surface area contributed by atoms with Crippen molar-refractivity contribution in [2.45, 2.75) is 17.9 Å². The van der Waals surface area contributed by atoms with Crippen molar-refractivity contribution in [2.75, 3.05) is 17.1 Å². The summed E-state index contributed by atoms with van der Waals surface area (Å²) in [5, 5.41) is 10.1. The number of phenolic OH excluding ortho intramolecular Hbond substituents is 1. The van der Waals surface area contributed by atoms with Gasteiger partial charge in [-0.05, 0) is 37.3 Å². The Hall–Kier alpha value is -2.74. The van der Waals surface area contributed by atoms with Crippen molar-refractivity contribution in [3.63, 3.8) is 0 Å². The van der Waals surface area contributed by atoms with Crippen molar-refractivity contribution < 1.29 is 23.1 Å². The lowest BCUT2D eigenvalue weighted by atomic mass is 10.2. The minimum Gasteiger partial charge on any atom is -0.506 e. The summed E-state index contributed by atoms with van der Waals surface area (Å²) in [5.74, 6) is -1.04. The average Bonchev–Trinajstić information content (AvgIpc) is 2.55. The van der Waals surface area contributed by atoms with Crippen LogP contribution in [0.5, 0.6) is 5.75 Å². The standard InChI is InChI=1S/C16H18N2O5S/c1-11(16(20)23-2)18(14-8-3-4-9-15(14)19)24(21,22)13-7-5-6-12(17)10-13/h3-11,19H,17H2,1-2H3/t11-/m0/s1. The van der Waals surface area contributed by atoms with Gasteiger partial charge in [-0.25, -0.2) is 17.5 Å².